The van der Waals surface area contributed by atoms with Crippen molar-refractivity contribution in [3.63, 3.8) is 0 Å². The first-order valence-electron chi connectivity index (χ1n) is 16.3. The number of benzene rings is 1. The minimum atomic E-state index is -0.859. The van der Waals surface area contributed by atoms with E-state index in [-0.39, 0.29) is 25.1 Å². The highest BCUT2D eigenvalue weighted by molar-refractivity contribution is 5.42. The van der Waals surface area contributed by atoms with E-state index in [1.165, 1.54) is 30.5 Å². The lowest BCUT2D eigenvalue weighted by atomic mass is 9.80. The van der Waals surface area contributed by atoms with E-state index in [0.29, 0.717) is 37.0 Å². The molecule has 1 aromatic carbocycles. The first kappa shape index (κ1) is 31.6. The number of rotatable bonds is 15. The van der Waals surface area contributed by atoms with Crippen LogP contribution in [-0.4, -0.2) is 51.2 Å². The van der Waals surface area contributed by atoms with E-state index < -0.39 is 6.10 Å². The van der Waals surface area contributed by atoms with Crippen molar-refractivity contribution >= 4 is 0 Å². The van der Waals surface area contributed by atoms with Crippen molar-refractivity contribution in [3.8, 4) is 11.5 Å². The van der Waals surface area contributed by atoms with Crippen LogP contribution in [0.5, 0.6) is 11.5 Å². The molecule has 0 aliphatic heterocycles. The summed E-state index contributed by atoms with van der Waals surface area (Å²) in [4.78, 5) is 3.52. The van der Waals surface area contributed by atoms with Gasteiger partial charge in [0.25, 0.3) is 0 Å². The molecule has 0 radical (unpaired) electrons. The van der Waals surface area contributed by atoms with Crippen molar-refractivity contribution in [2.24, 2.45) is 11.8 Å². The average Bonchev–Trinajstić information content (AvgIpc) is 3.72. The monoisotopic (exact) mass is 594 g/mol. The number of aliphatic hydroxyl groups is 3. The second-order valence-electron chi connectivity index (χ2n) is 12.7. The van der Waals surface area contributed by atoms with Crippen LogP contribution in [0.15, 0.2) is 34.7 Å². The zero-order valence-corrected chi connectivity index (χ0v) is 25.8. The smallest absolute Gasteiger partial charge is 0.161 e. The lowest BCUT2D eigenvalue weighted by molar-refractivity contribution is 0.103. The Bertz CT molecular complexity index is 1310. The number of H-pyrrole nitrogens is 1. The molecule has 0 bridgehead atoms. The number of fused-ring (bicyclic) bond motifs is 2. The van der Waals surface area contributed by atoms with E-state index in [9.17, 15) is 20.4 Å². The van der Waals surface area contributed by atoms with Crippen molar-refractivity contribution in [1.82, 2.24) is 10.3 Å². The van der Waals surface area contributed by atoms with Gasteiger partial charge >= 0.3 is 0 Å². The number of aryl methyl sites for hydroxylation is 4. The summed E-state index contributed by atoms with van der Waals surface area (Å²) in [5.74, 6) is 3.81. The van der Waals surface area contributed by atoms with Crippen LogP contribution >= 0.6 is 0 Å². The third-order valence-electron chi connectivity index (χ3n) is 9.47. The molecule has 0 saturated heterocycles. The third-order valence-corrected chi connectivity index (χ3v) is 9.47. The molecule has 5 rings (SSSR count). The molecule has 2 heterocycles. The quantitative estimate of drug-likeness (QED) is 0.138. The molecule has 8 heteroatoms. The van der Waals surface area contributed by atoms with Gasteiger partial charge in [-0.25, -0.2) is 0 Å². The van der Waals surface area contributed by atoms with Gasteiger partial charge < -0.3 is 39.9 Å². The van der Waals surface area contributed by atoms with Crippen LogP contribution in [0, 0.1) is 11.8 Å². The third kappa shape index (κ3) is 7.85. The lowest BCUT2D eigenvalue weighted by Crippen LogP contribution is -2.32. The second-order valence-corrected chi connectivity index (χ2v) is 12.7. The maximum Gasteiger partial charge on any atom is 0.161 e. The summed E-state index contributed by atoms with van der Waals surface area (Å²) in [7, 11) is 0. The number of hydrogen-bond acceptors (Lipinski definition) is 7. The van der Waals surface area contributed by atoms with E-state index in [0.717, 1.165) is 72.9 Å². The van der Waals surface area contributed by atoms with Crippen molar-refractivity contribution < 1.29 is 29.6 Å². The zero-order valence-electron chi connectivity index (χ0n) is 25.8. The molecule has 1 fully saturated rings. The Morgan fingerprint density at radius 1 is 1.09 bits per heavy atom. The van der Waals surface area contributed by atoms with E-state index >= 15 is 0 Å². The first-order chi connectivity index (χ1) is 20.9. The van der Waals surface area contributed by atoms with Gasteiger partial charge in [0.05, 0.1) is 12.7 Å². The Hall–Kier alpha value is -2.78. The Morgan fingerprint density at radius 2 is 1.95 bits per heavy atom. The molecule has 2 aliphatic rings. The van der Waals surface area contributed by atoms with Gasteiger partial charge in [0.2, 0.25) is 0 Å². The fraction of sp³-hybridized carbons (Fsp3) is 0.600. The highest BCUT2D eigenvalue weighted by atomic mass is 16.5. The number of aromatic hydroxyl groups is 1. The highest BCUT2D eigenvalue weighted by Gasteiger charge is 2.38. The van der Waals surface area contributed by atoms with Crippen LogP contribution in [0.2, 0.25) is 0 Å². The summed E-state index contributed by atoms with van der Waals surface area (Å²) in [6, 6.07) is 9.39. The van der Waals surface area contributed by atoms with Gasteiger partial charge in [0.1, 0.15) is 24.2 Å². The molecule has 2 aromatic heterocycles. The molecule has 2 aliphatic carbocycles. The summed E-state index contributed by atoms with van der Waals surface area (Å²) in [5, 5.41) is 44.5. The molecule has 0 spiro atoms. The predicted octanol–water partition coefficient (Wildman–Crippen LogP) is 5.46. The van der Waals surface area contributed by atoms with E-state index in [4.69, 9.17) is 9.15 Å². The highest BCUT2D eigenvalue weighted by Crippen LogP contribution is 2.47. The van der Waals surface area contributed by atoms with Gasteiger partial charge in [-0.3, -0.25) is 0 Å². The molecule has 8 nitrogen and oxygen atoms in total. The van der Waals surface area contributed by atoms with Gasteiger partial charge in [0, 0.05) is 48.8 Å². The summed E-state index contributed by atoms with van der Waals surface area (Å²) < 4.78 is 12.0. The minimum absolute atomic E-state index is 0.0201. The lowest BCUT2D eigenvalue weighted by Gasteiger charge is -2.27. The number of hydrogen-bond donors (Lipinski definition) is 6. The first-order valence-corrected chi connectivity index (χ1v) is 16.3. The summed E-state index contributed by atoms with van der Waals surface area (Å²) in [6.45, 7) is 5.34. The predicted molar refractivity (Wildman–Crippen MR) is 166 cm³/mol. The zero-order chi connectivity index (χ0) is 30.3. The number of phenolic OH excluding ortho intramolecular Hbond substituents is 1. The molecule has 1 saturated carbocycles. The summed E-state index contributed by atoms with van der Waals surface area (Å²) in [6.07, 6.45) is 9.00. The van der Waals surface area contributed by atoms with E-state index in [1.807, 2.05) is 18.2 Å². The van der Waals surface area contributed by atoms with Gasteiger partial charge in [0.15, 0.2) is 11.5 Å². The van der Waals surface area contributed by atoms with Crippen molar-refractivity contribution in [1.29, 1.82) is 0 Å². The van der Waals surface area contributed by atoms with Crippen LogP contribution in [-0.2, 0) is 32.3 Å². The summed E-state index contributed by atoms with van der Waals surface area (Å²) in [5.41, 5.74) is 5.08. The van der Waals surface area contributed by atoms with E-state index in [1.54, 1.807) is 13.0 Å². The van der Waals surface area contributed by atoms with E-state index in [2.05, 4.69) is 23.3 Å². The number of ether oxygens (including phenoxy) is 1. The standard InChI is InChI=1S/C35H50N2O6/c1-3-4-8-34-25(20-38)16-26(43-34)12-9-23-10-14-32(40)35(15-23)42-21-33(41)31-17-28-29(19-36-18-22(2)39)27-7-5-6-24(27)11-13-30(28)37-31/h10,14-17,22,24,27,29,33,36-41H,3-9,11-13,18-21H2,1-2H3. The Morgan fingerprint density at radius 3 is 2.74 bits per heavy atom. The fourth-order valence-corrected chi connectivity index (χ4v) is 7.17. The molecule has 6 N–H and O–H groups in total. The maximum absolute atomic E-state index is 11.1. The van der Waals surface area contributed by atoms with Crippen LogP contribution in [0.3, 0.4) is 0 Å². The topological polar surface area (TPSA) is 131 Å². The minimum Gasteiger partial charge on any atom is -0.504 e. The summed E-state index contributed by atoms with van der Waals surface area (Å²) >= 11 is 0. The Labute approximate surface area is 255 Å². The number of phenols is 1. The number of furan rings is 1. The van der Waals surface area contributed by atoms with Crippen LogP contribution < -0.4 is 10.1 Å². The van der Waals surface area contributed by atoms with Crippen molar-refractivity contribution in [2.45, 2.75) is 103 Å². The molecular weight excluding hydrogens is 544 g/mol. The van der Waals surface area contributed by atoms with Crippen LogP contribution in [0.4, 0.5) is 0 Å². The number of aliphatic hydroxyl groups excluding tert-OH is 3. The molecule has 0 amide bonds. The fourth-order valence-electron chi connectivity index (χ4n) is 7.17. The van der Waals surface area contributed by atoms with Crippen LogP contribution in [0.1, 0.15) is 104 Å². The SMILES string of the molecule is CCCCc1oc(CCc2ccc(O)c(OCC(O)c3cc4c([nH]3)CCC3CCCC3C4CNCC(C)O)c2)cc1CO. The van der Waals surface area contributed by atoms with Gasteiger partial charge in [-0.15, -0.1) is 0 Å². The normalized spacial score (nSPS) is 21.3. The number of aromatic nitrogens is 1. The Balaban J connectivity index is 1.22. The average molecular weight is 595 g/mol. The molecule has 43 heavy (non-hydrogen) atoms. The number of unbranched alkanes of at least 4 members (excludes halogenated alkanes) is 1. The number of aromatic amines is 1. The van der Waals surface area contributed by atoms with Gasteiger partial charge in [-0.2, -0.15) is 0 Å². The molecule has 3 aromatic rings. The molecule has 5 unspecified atom stereocenters. The van der Waals surface area contributed by atoms with Gasteiger partial charge in [-0.05, 0) is 86.3 Å². The second kappa shape index (κ2) is 14.8. The Kier molecular flexibility index (Phi) is 10.9. The van der Waals surface area contributed by atoms with Crippen molar-refractivity contribution in [2.75, 3.05) is 19.7 Å². The molecular formula is C35H50N2O6. The van der Waals surface area contributed by atoms with Crippen LogP contribution in [0.25, 0.3) is 0 Å². The number of nitrogens with one attached hydrogen (secondary N) is 2. The van der Waals surface area contributed by atoms with Crippen molar-refractivity contribution in [3.05, 3.63) is 69.9 Å². The largest absolute Gasteiger partial charge is 0.504 e. The molecule has 5 atom stereocenters. The van der Waals surface area contributed by atoms with Gasteiger partial charge in [-0.1, -0.05) is 32.3 Å². The maximum atomic E-state index is 11.1. The molecule has 236 valence electrons.